The van der Waals surface area contributed by atoms with Gasteiger partial charge in [0.25, 0.3) is 11.8 Å². The Morgan fingerprint density at radius 2 is 1.58 bits per heavy atom. The molecule has 9 heteroatoms. The molecule has 0 spiro atoms. The quantitative estimate of drug-likeness (QED) is 0.190. The first kappa shape index (κ1) is 29.5. The first-order valence-electron chi connectivity index (χ1n) is 13.7. The number of carbonyl (C=O) groups is 3. The summed E-state index contributed by atoms with van der Waals surface area (Å²) in [5.74, 6) is -0.0269. The Morgan fingerprint density at radius 3 is 2.30 bits per heavy atom. The van der Waals surface area contributed by atoms with E-state index in [0.717, 1.165) is 27.8 Å². The van der Waals surface area contributed by atoms with E-state index in [1.807, 2.05) is 49.4 Å². The number of ether oxygens (including phenoxy) is 2. The highest BCUT2D eigenvalue weighted by Gasteiger charge is 2.41. The second kappa shape index (κ2) is 13.3. The topological polar surface area (TPSA) is 97.0 Å². The number of nitrogens with one attached hydrogen (secondary N) is 2. The molecular weight excluding hydrogens is 562 g/mol. The first-order valence-corrected chi connectivity index (χ1v) is 14.5. The number of nitrogens with zero attached hydrogens (tertiary/aromatic N) is 1. The van der Waals surface area contributed by atoms with Crippen molar-refractivity contribution in [1.82, 2.24) is 0 Å². The van der Waals surface area contributed by atoms with E-state index in [-0.39, 0.29) is 16.5 Å². The lowest BCUT2D eigenvalue weighted by atomic mass is 10.1. The maximum absolute atomic E-state index is 13.9. The highest BCUT2D eigenvalue weighted by molar-refractivity contribution is 8.04. The standard InChI is InChI=1S/C34H31N3O5S/c1-22-12-18-29(42-3)28(20-22)37-33(39)31(36-24-14-16-26(41-2)17-15-24)32(34(37)40)43-27-11-7-10-25(21-27)35-30(38)19-13-23-8-5-4-6-9-23/h4-12,14-18,20-21,36H,13,19H2,1-3H3,(H,35,38). The Labute approximate surface area is 254 Å². The molecule has 3 amide bonds. The van der Waals surface area contributed by atoms with Gasteiger partial charge in [-0.2, -0.15) is 0 Å². The second-order valence-electron chi connectivity index (χ2n) is 9.84. The average molecular weight is 594 g/mol. The number of anilines is 3. The van der Waals surface area contributed by atoms with Gasteiger partial charge in [-0.25, -0.2) is 4.90 Å². The molecule has 5 rings (SSSR count). The number of aryl methyl sites for hydroxylation is 2. The fourth-order valence-electron chi connectivity index (χ4n) is 4.61. The molecule has 1 heterocycles. The molecule has 8 nitrogen and oxygen atoms in total. The van der Waals surface area contributed by atoms with E-state index in [1.54, 1.807) is 61.7 Å². The number of carbonyl (C=O) groups excluding carboxylic acids is 3. The molecule has 4 aromatic carbocycles. The van der Waals surface area contributed by atoms with Crippen molar-refractivity contribution in [2.75, 3.05) is 29.8 Å². The summed E-state index contributed by atoms with van der Waals surface area (Å²) >= 11 is 1.15. The van der Waals surface area contributed by atoms with Crippen LogP contribution in [0.1, 0.15) is 17.5 Å². The van der Waals surface area contributed by atoms with E-state index < -0.39 is 11.8 Å². The van der Waals surface area contributed by atoms with Crippen LogP contribution in [0.3, 0.4) is 0 Å². The third-order valence-electron chi connectivity index (χ3n) is 6.80. The zero-order valence-corrected chi connectivity index (χ0v) is 24.9. The second-order valence-corrected chi connectivity index (χ2v) is 10.9. The molecule has 0 atom stereocenters. The van der Waals surface area contributed by atoms with Gasteiger partial charge < -0.3 is 20.1 Å². The fraction of sp³-hybridized carbons (Fsp3) is 0.147. The zero-order chi connectivity index (χ0) is 30.3. The molecule has 4 aromatic rings. The van der Waals surface area contributed by atoms with E-state index in [9.17, 15) is 14.4 Å². The van der Waals surface area contributed by atoms with Gasteiger partial charge in [-0.15, -0.1) is 0 Å². The summed E-state index contributed by atoms with van der Waals surface area (Å²) in [4.78, 5) is 42.5. The van der Waals surface area contributed by atoms with Crippen molar-refractivity contribution in [2.24, 2.45) is 0 Å². The molecule has 1 aliphatic rings. The van der Waals surface area contributed by atoms with Crippen LogP contribution >= 0.6 is 11.8 Å². The van der Waals surface area contributed by atoms with E-state index in [2.05, 4.69) is 10.6 Å². The molecule has 0 aromatic heterocycles. The van der Waals surface area contributed by atoms with Gasteiger partial charge in [0, 0.05) is 22.7 Å². The third kappa shape index (κ3) is 6.90. The van der Waals surface area contributed by atoms with Crippen LogP contribution in [0.25, 0.3) is 0 Å². The minimum atomic E-state index is -0.502. The van der Waals surface area contributed by atoms with Gasteiger partial charge in [0.15, 0.2) is 0 Å². The van der Waals surface area contributed by atoms with Crippen LogP contribution in [0.2, 0.25) is 0 Å². The number of amides is 3. The van der Waals surface area contributed by atoms with E-state index in [0.29, 0.717) is 46.3 Å². The predicted molar refractivity (Wildman–Crippen MR) is 170 cm³/mol. The van der Waals surface area contributed by atoms with Gasteiger partial charge >= 0.3 is 0 Å². The maximum Gasteiger partial charge on any atom is 0.283 e. The fourth-order valence-corrected chi connectivity index (χ4v) is 5.60. The number of hydrogen-bond donors (Lipinski definition) is 2. The van der Waals surface area contributed by atoms with E-state index in [1.165, 1.54) is 7.11 Å². The van der Waals surface area contributed by atoms with E-state index >= 15 is 0 Å². The van der Waals surface area contributed by atoms with Crippen LogP contribution < -0.4 is 25.0 Å². The Kier molecular flexibility index (Phi) is 9.12. The summed E-state index contributed by atoms with van der Waals surface area (Å²) in [5, 5.41) is 6.09. The summed E-state index contributed by atoms with van der Waals surface area (Å²) in [7, 11) is 3.07. The predicted octanol–water partition coefficient (Wildman–Crippen LogP) is 6.57. The zero-order valence-electron chi connectivity index (χ0n) is 24.0. The van der Waals surface area contributed by atoms with Crippen molar-refractivity contribution in [3.8, 4) is 11.5 Å². The Morgan fingerprint density at radius 1 is 0.814 bits per heavy atom. The smallest absolute Gasteiger partial charge is 0.283 e. The molecule has 0 unspecified atom stereocenters. The summed E-state index contributed by atoms with van der Waals surface area (Å²) in [5.41, 5.74) is 3.68. The number of rotatable bonds is 11. The van der Waals surface area contributed by atoms with Crippen LogP contribution in [0.4, 0.5) is 17.1 Å². The summed E-state index contributed by atoms with van der Waals surface area (Å²) in [6.07, 6.45) is 0.964. The average Bonchev–Trinajstić information content (AvgIpc) is 3.24. The van der Waals surface area contributed by atoms with Gasteiger partial charge in [-0.05, 0) is 79.1 Å². The summed E-state index contributed by atoms with van der Waals surface area (Å²) in [6.45, 7) is 1.88. The highest BCUT2D eigenvalue weighted by Crippen LogP contribution is 2.41. The highest BCUT2D eigenvalue weighted by atomic mass is 32.2. The molecule has 0 bridgehead atoms. The van der Waals surface area contributed by atoms with Crippen LogP contribution in [-0.2, 0) is 20.8 Å². The summed E-state index contributed by atoms with van der Waals surface area (Å²) < 4.78 is 10.7. The molecule has 2 N–H and O–H groups in total. The van der Waals surface area contributed by atoms with Crippen molar-refractivity contribution < 1.29 is 23.9 Å². The first-order chi connectivity index (χ1) is 20.9. The number of thioether (sulfide) groups is 1. The van der Waals surface area contributed by atoms with Crippen LogP contribution in [0, 0.1) is 6.92 Å². The lowest BCUT2D eigenvalue weighted by molar-refractivity contribution is -0.120. The third-order valence-corrected chi connectivity index (χ3v) is 7.87. The molecule has 1 aliphatic heterocycles. The maximum atomic E-state index is 13.9. The number of imide groups is 1. The monoisotopic (exact) mass is 593 g/mol. The molecule has 0 saturated heterocycles. The van der Waals surface area contributed by atoms with Gasteiger partial charge in [0.05, 0.1) is 19.9 Å². The number of benzene rings is 4. The molecule has 43 heavy (non-hydrogen) atoms. The van der Waals surface area contributed by atoms with Crippen LogP contribution in [0.5, 0.6) is 11.5 Å². The normalized spacial score (nSPS) is 12.9. The Balaban J connectivity index is 1.42. The van der Waals surface area contributed by atoms with Gasteiger partial charge in [0.2, 0.25) is 5.91 Å². The van der Waals surface area contributed by atoms with Gasteiger partial charge in [-0.1, -0.05) is 54.2 Å². The Bertz CT molecular complexity index is 1690. The van der Waals surface area contributed by atoms with E-state index in [4.69, 9.17) is 9.47 Å². The van der Waals surface area contributed by atoms with Gasteiger partial charge in [-0.3, -0.25) is 14.4 Å². The molecule has 0 radical (unpaired) electrons. The minimum absolute atomic E-state index is 0.114. The van der Waals surface area contributed by atoms with Crippen molar-refractivity contribution in [3.05, 3.63) is 119 Å². The van der Waals surface area contributed by atoms with Crippen molar-refractivity contribution in [1.29, 1.82) is 0 Å². The lowest BCUT2D eigenvalue weighted by Gasteiger charge is -2.19. The molecule has 0 aliphatic carbocycles. The SMILES string of the molecule is COc1ccc(NC2=C(Sc3cccc(NC(=O)CCc4ccccc4)c3)C(=O)N(c3cc(C)ccc3OC)C2=O)cc1. The summed E-state index contributed by atoms with van der Waals surface area (Å²) in [6, 6.07) is 29.4. The Hall–Kier alpha value is -5.02. The lowest BCUT2D eigenvalue weighted by Crippen LogP contribution is -2.32. The van der Waals surface area contributed by atoms with Crippen molar-refractivity contribution in [3.63, 3.8) is 0 Å². The van der Waals surface area contributed by atoms with Crippen LogP contribution in [-0.4, -0.2) is 31.9 Å². The largest absolute Gasteiger partial charge is 0.497 e. The number of methoxy groups -OCH3 is 2. The molecule has 0 fully saturated rings. The van der Waals surface area contributed by atoms with Gasteiger partial charge in [0.1, 0.15) is 22.1 Å². The molecule has 218 valence electrons. The van der Waals surface area contributed by atoms with Crippen LogP contribution in [0.15, 0.2) is 113 Å². The van der Waals surface area contributed by atoms with Crippen molar-refractivity contribution >= 4 is 46.5 Å². The molecule has 0 saturated carbocycles. The van der Waals surface area contributed by atoms with Crippen molar-refractivity contribution in [2.45, 2.75) is 24.7 Å². The number of hydrogen-bond acceptors (Lipinski definition) is 7. The minimum Gasteiger partial charge on any atom is -0.497 e. The molecular formula is C34H31N3O5S.